The van der Waals surface area contributed by atoms with Crippen molar-refractivity contribution >= 4 is 49.0 Å². The van der Waals surface area contributed by atoms with E-state index in [2.05, 4.69) is 45.8 Å². The molecule has 0 unspecified atom stereocenters. The third kappa shape index (κ3) is 1.50. The maximum atomic E-state index is 4.57. The highest BCUT2D eigenvalue weighted by Crippen LogP contribution is 2.29. The van der Waals surface area contributed by atoms with Crippen LogP contribution >= 0.6 is 15.9 Å². The van der Waals surface area contributed by atoms with Crippen LogP contribution in [-0.2, 0) is 0 Å². The molecule has 0 N–H and O–H groups in total. The molecule has 0 saturated heterocycles. The van der Waals surface area contributed by atoms with E-state index in [4.69, 9.17) is 0 Å². The highest BCUT2D eigenvalue weighted by atomic mass is 79.9. The molecule has 0 fully saturated rings. The van der Waals surface area contributed by atoms with Gasteiger partial charge in [-0.25, -0.2) is 9.97 Å². The SMILES string of the molecule is Cc1nc2c3nccnc3c3nccnc3c2nc1Br. The summed E-state index contributed by atoms with van der Waals surface area (Å²) < 4.78 is 0.695. The molecular weight excluding hydrogens is 320 g/mol. The molecule has 4 rings (SSSR count). The number of hydrogen-bond donors (Lipinski definition) is 0. The lowest BCUT2D eigenvalue weighted by Gasteiger charge is -2.07. The highest BCUT2D eigenvalue weighted by Gasteiger charge is 2.15. The largest absolute Gasteiger partial charge is 0.251 e. The molecule has 0 spiro atoms. The Bertz CT molecular complexity index is 904. The summed E-state index contributed by atoms with van der Waals surface area (Å²) in [7, 11) is 0. The second-order valence-corrected chi connectivity index (χ2v) is 5.06. The second kappa shape index (κ2) is 4.11. The van der Waals surface area contributed by atoms with E-state index in [-0.39, 0.29) is 0 Å². The minimum absolute atomic E-state index is 0.679. The van der Waals surface area contributed by atoms with E-state index < -0.39 is 0 Å². The first-order valence-corrected chi connectivity index (χ1v) is 6.72. The smallest absolute Gasteiger partial charge is 0.128 e. The van der Waals surface area contributed by atoms with Crippen molar-refractivity contribution < 1.29 is 0 Å². The van der Waals surface area contributed by atoms with Crippen molar-refractivity contribution in [3.63, 3.8) is 0 Å². The van der Waals surface area contributed by atoms with Gasteiger partial charge in [0.2, 0.25) is 0 Å². The summed E-state index contributed by atoms with van der Waals surface area (Å²) in [5, 5.41) is 0. The molecule has 0 amide bonds. The lowest BCUT2D eigenvalue weighted by Crippen LogP contribution is -1.97. The number of fused-ring (bicyclic) bond motifs is 6. The minimum atomic E-state index is 0.679. The van der Waals surface area contributed by atoms with Crippen molar-refractivity contribution in [2.45, 2.75) is 6.92 Å². The van der Waals surface area contributed by atoms with E-state index >= 15 is 0 Å². The zero-order valence-electron chi connectivity index (χ0n) is 10.4. The number of aromatic nitrogens is 6. The Balaban J connectivity index is 2.42. The van der Waals surface area contributed by atoms with Crippen LogP contribution in [0, 0.1) is 6.92 Å². The summed E-state index contributed by atoms with van der Waals surface area (Å²) in [5.74, 6) is 0. The second-order valence-electron chi connectivity index (χ2n) is 4.30. The average molecular weight is 327 g/mol. The lowest BCUT2D eigenvalue weighted by molar-refractivity contribution is 1.14. The molecular formula is C13H7BrN6. The Kier molecular flexibility index (Phi) is 2.37. The van der Waals surface area contributed by atoms with Crippen LogP contribution in [0.15, 0.2) is 29.4 Å². The standard InChI is InChI=1S/C13H7BrN6/c1-6-13(14)20-12-10-8(16-3-5-18-10)7-9(11(12)19-6)17-4-2-15-7/h2-5H,1H3. The van der Waals surface area contributed by atoms with E-state index in [9.17, 15) is 0 Å². The number of benzene rings is 1. The third-order valence-corrected chi connectivity index (χ3v) is 3.83. The fourth-order valence-corrected chi connectivity index (χ4v) is 2.46. The molecule has 6 nitrogen and oxygen atoms in total. The molecule has 0 aliphatic carbocycles. The Hall–Kier alpha value is -2.28. The first-order valence-electron chi connectivity index (χ1n) is 5.93. The summed E-state index contributed by atoms with van der Waals surface area (Å²) in [6.07, 6.45) is 6.56. The van der Waals surface area contributed by atoms with Gasteiger partial charge in [0.05, 0.1) is 5.69 Å². The van der Waals surface area contributed by atoms with Gasteiger partial charge in [0.15, 0.2) is 0 Å². The van der Waals surface area contributed by atoms with Crippen LogP contribution in [0.2, 0.25) is 0 Å². The predicted molar refractivity (Wildman–Crippen MR) is 78.2 cm³/mol. The van der Waals surface area contributed by atoms with Crippen molar-refractivity contribution in [3.8, 4) is 0 Å². The first kappa shape index (κ1) is 11.5. The Labute approximate surface area is 121 Å². The van der Waals surface area contributed by atoms with Crippen molar-refractivity contribution in [1.82, 2.24) is 29.9 Å². The zero-order valence-corrected chi connectivity index (χ0v) is 12.0. The fourth-order valence-electron chi connectivity index (χ4n) is 2.20. The van der Waals surface area contributed by atoms with Gasteiger partial charge in [-0.1, -0.05) is 0 Å². The van der Waals surface area contributed by atoms with E-state index in [1.54, 1.807) is 24.8 Å². The molecule has 0 saturated carbocycles. The van der Waals surface area contributed by atoms with Crippen molar-refractivity contribution in [2.75, 3.05) is 0 Å². The molecule has 0 radical (unpaired) electrons. The molecule has 3 heterocycles. The van der Waals surface area contributed by atoms with Crippen LogP contribution in [-0.4, -0.2) is 29.9 Å². The van der Waals surface area contributed by atoms with Gasteiger partial charge in [0, 0.05) is 24.8 Å². The van der Waals surface area contributed by atoms with Gasteiger partial charge in [0.25, 0.3) is 0 Å². The maximum Gasteiger partial charge on any atom is 0.128 e. The van der Waals surface area contributed by atoms with E-state index in [0.717, 1.165) is 5.69 Å². The summed E-state index contributed by atoms with van der Waals surface area (Å²) >= 11 is 3.41. The molecule has 0 bridgehead atoms. The van der Waals surface area contributed by atoms with E-state index in [1.807, 2.05) is 6.92 Å². The van der Waals surface area contributed by atoms with Crippen molar-refractivity contribution in [2.24, 2.45) is 0 Å². The molecule has 0 atom stereocenters. The molecule has 1 aromatic carbocycles. The molecule has 0 aliphatic heterocycles. The Morgan fingerprint density at radius 1 is 0.650 bits per heavy atom. The molecule has 3 aromatic heterocycles. The van der Waals surface area contributed by atoms with Gasteiger partial charge < -0.3 is 0 Å². The van der Waals surface area contributed by atoms with Gasteiger partial charge in [-0.3, -0.25) is 19.9 Å². The van der Waals surface area contributed by atoms with E-state index in [1.165, 1.54) is 0 Å². The summed E-state index contributed by atoms with van der Waals surface area (Å²) in [6.45, 7) is 1.89. The van der Waals surface area contributed by atoms with Crippen LogP contribution in [0.5, 0.6) is 0 Å². The Morgan fingerprint density at radius 3 is 1.55 bits per heavy atom. The van der Waals surface area contributed by atoms with Gasteiger partial charge in [-0.15, -0.1) is 0 Å². The van der Waals surface area contributed by atoms with E-state index in [0.29, 0.717) is 37.7 Å². The van der Waals surface area contributed by atoms with Crippen LogP contribution in [0.25, 0.3) is 33.1 Å². The number of nitrogens with zero attached hydrogens (tertiary/aromatic N) is 6. The minimum Gasteiger partial charge on any atom is -0.251 e. The molecule has 96 valence electrons. The number of halogens is 1. The monoisotopic (exact) mass is 326 g/mol. The summed E-state index contributed by atoms with van der Waals surface area (Å²) in [5.41, 5.74) is 4.93. The van der Waals surface area contributed by atoms with Crippen LogP contribution in [0.1, 0.15) is 5.69 Å². The maximum absolute atomic E-state index is 4.57. The summed E-state index contributed by atoms with van der Waals surface area (Å²) in [4.78, 5) is 26.6. The van der Waals surface area contributed by atoms with Crippen molar-refractivity contribution in [1.29, 1.82) is 0 Å². The van der Waals surface area contributed by atoms with Gasteiger partial charge in [-0.05, 0) is 22.9 Å². The lowest BCUT2D eigenvalue weighted by atomic mass is 10.2. The van der Waals surface area contributed by atoms with Gasteiger partial charge in [-0.2, -0.15) is 0 Å². The third-order valence-electron chi connectivity index (χ3n) is 3.08. The van der Waals surface area contributed by atoms with Gasteiger partial charge in [0.1, 0.15) is 37.7 Å². The van der Waals surface area contributed by atoms with Crippen LogP contribution in [0.4, 0.5) is 0 Å². The fraction of sp³-hybridized carbons (Fsp3) is 0.0769. The average Bonchev–Trinajstić information content (AvgIpc) is 2.49. The molecule has 20 heavy (non-hydrogen) atoms. The summed E-state index contributed by atoms with van der Waals surface area (Å²) in [6, 6.07) is 0. The van der Waals surface area contributed by atoms with Crippen LogP contribution in [0.3, 0.4) is 0 Å². The van der Waals surface area contributed by atoms with Gasteiger partial charge >= 0.3 is 0 Å². The number of aryl methyl sites for hydroxylation is 1. The van der Waals surface area contributed by atoms with Crippen molar-refractivity contribution in [3.05, 3.63) is 35.1 Å². The molecule has 0 aliphatic rings. The zero-order chi connectivity index (χ0) is 13.7. The first-order chi connectivity index (χ1) is 9.75. The molecule has 4 aromatic rings. The highest BCUT2D eigenvalue weighted by molar-refractivity contribution is 9.10. The number of rotatable bonds is 0. The topological polar surface area (TPSA) is 77.3 Å². The quantitative estimate of drug-likeness (QED) is 0.462. The van der Waals surface area contributed by atoms with Crippen LogP contribution < -0.4 is 0 Å². The number of hydrogen-bond acceptors (Lipinski definition) is 6. The normalized spacial score (nSPS) is 11.5. The molecule has 7 heteroatoms. The Morgan fingerprint density at radius 2 is 1.05 bits per heavy atom. The predicted octanol–water partition coefficient (Wildman–Crippen LogP) is 2.59.